The molecule has 12 aromatic heterocycles. The molecule has 0 spiro atoms. The largest absolute Gasteiger partial charge is 0.472 e. The third kappa shape index (κ3) is 16.7. The zero-order valence-electron chi connectivity index (χ0n) is 68.3. The Morgan fingerprint density at radius 2 is 0.696 bits per heavy atom. The SMILES string of the molecule is C[C@H]1C2OP(=O)(O)OC[C@@H]3C[C@@H](OP(=O)(O)OC[C@H]2O[C@H]1n1cnc2c(N)ncnc21)[C@H](n1cnc2c(=O)[nH]c(N)nc21)O3.Nc1nc2c(ncn2[C@@H]2O[C@@H]3COP(=O)(O)OC4[C@@H]5OC[C@]4(COP(=O)(O)O[C@H]2C3)O[C@H]5n2cnc3c(N)ncnc32)c(=O)[nH]1.Nc1nc2c(ncn2[C@@H]2O[C@@H]3COP(=O)(O)OC4[C@H]5OC[C@]4(COP(=O)(O)O[C@@H]2[C@@H]3F)O[C@H]5n2cnc3c(N)ncnc32)c(=O)[nH]1. The Bertz CT molecular complexity index is 7240. The minimum absolute atomic E-state index is 0.00251. The number of fused-ring (bicyclic) bond motifs is 13. The lowest BCUT2D eigenvalue weighted by Gasteiger charge is -2.32. The molecule has 23 heterocycles. The quantitative estimate of drug-likeness (QED) is 0.0809. The van der Waals surface area contributed by atoms with E-state index < -0.39 is 237 Å². The zero-order chi connectivity index (χ0) is 94.4. The van der Waals surface area contributed by atoms with Gasteiger partial charge in [0, 0.05) is 18.8 Å². The van der Waals surface area contributed by atoms with E-state index in [4.69, 9.17) is 127 Å². The zero-order valence-corrected chi connectivity index (χ0v) is 73.6. The van der Waals surface area contributed by atoms with Crippen molar-refractivity contribution in [2.75, 3.05) is 87.3 Å². The van der Waals surface area contributed by atoms with Crippen LogP contribution < -0.4 is 51.1 Å². The molecule has 28 atom stereocenters. The van der Waals surface area contributed by atoms with Gasteiger partial charge in [0.1, 0.15) is 114 Å². The number of phosphoric acid groups is 6. The first-order chi connectivity index (χ1) is 64.2. The van der Waals surface area contributed by atoms with Crippen LogP contribution in [-0.2, 0) is 120 Å². The first-order valence-electron chi connectivity index (χ1n) is 39.9. The molecule has 21 N–H and O–H groups in total. The molecule has 11 aliphatic heterocycles. The molecule has 11 fully saturated rings. The van der Waals surface area contributed by atoms with Gasteiger partial charge in [-0.1, -0.05) is 6.92 Å². The van der Waals surface area contributed by atoms with Gasteiger partial charge in [0.25, 0.3) is 16.7 Å². The summed E-state index contributed by atoms with van der Waals surface area (Å²) in [5.41, 5.74) is 30.5. The van der Waals surface area contributed by atoms with Crippen molar-refractivity contribution in [3.63, 3.8) is 0 Å². The van der Waals surface area contributed by atoms with Crippen molar-refractivity contribution in [2.45, 2.75) is 148 Å². The number of phosphoric ester groups is 6. The van der Waals surface area contributed by atoms with E-state index in [0.717, 1.165) is 10.9 Å². The molecule has 722 valence electrons. The molecule has 135 heavy (non-hydrogen) atoms. The maximum atomic E-state index is 15.8. The van der Waals surface area contributed by atoms with Crippen LogP contribution in [0.5, 0.6) is 0 Å². The third-order valence-electron chi connectivity index (χ3n) is 23.4. The Kier molecular flexibility index (Phi) is 22.7. The summed E-state index contributed by atoms with van der Waals surface area (Å²) in [7, 11) is -29.6. The highest BCUT2D eigenvalue weighted by Gasteiger charge is 2.69. The molecule has 65 nitrogen and oxygen atoms in total. The fraction of sp³-hybridized carbons (Fsp3) is 0.524. The van der Waals surface area contributed by atoms with Gasteiger partial charge in [0.15, 0.2) is 105 Å². The van der Waals surface area contributed by atoms with Crippen LogP contribution in [0.1, 0.15) is 57.1 Å². The number of halogens is 1. The van der Waals surface area contributed by atoms with Gasteiger partial charge in [0.05, 0.1) is 103 Å². The summed E-state index contributed by atoms with van der Waals surface area (Å²) >= 11 is 0. The summed E-state index contributed by atoms with van der Waals surface area (Å²) in [5, 5.41) is 0. The van der Waals surface area contributed by atoms with Gasteiger partial charge in [-0.2, -0.15) is 15.0 Å². The Morgan fingerprint density at radius 3 is 1.12 bits per heavy atom. The predicted molar refractivity (Wildman–Crippen MR) is 435 cm³/mol. The second-order valence-corrected chi connectivity index (χ2v) is 40.4. The molecule has 0 aliphatic carbocycles. The van der Waals surface area contributed by atoms with Gasteiger partial charge < -0.3 is 102 Å². The Hall–Kier alpha value is -10.2. The highest BCUT2D eigenvalue weighted by molar-refractivity contribution is 7.48. The van der Waals surface area contributed by atoms with Crippen molar-refractivity contribution in [1.82, 2.24) is 117 Å². The number of alkyl halides is 1. The van der Waals surface area contributed by atoms with Crippen LogP contribution in [0, 0.1) is 5.92 Å². The van der Waals surface area contributed by atoms with Gasteiger partial charge in [-0.05, 0) is 0 Å². The molecule has 10 bridgehead atoms. The van der Waals surface area contributed by atoms with E-state index in [0.29, 0.717) is 11.2 Å². The number of aromatic nitrogens is 24. The van der Waals surface area contributed by atoms with Crippen LogP contribution in [0.15, 0.2) is 71.3 Å². The van der Waals surface area contributed by atoms with Crippen molar-refractivity contribution in [3.8, 4) is 0 Å². The molecular formula is C63H73FN30O35P6. The molecule has 11 saturated heterocycles. The van der Waals surface area contributed by atoms with Crippen LogP contribution in [-0.4, -0.2) is 290 Å². The number of ether oxygens (including phenoxy) is 8. The molecule has 0 aromatic carbocycles. The molecule has 23 rings (SSSR count). The Morgan fingerprint density at radius 1 is 0.363 bits per heavy atom. The number of nitrogens with two attached hydrogens (primary N) is 6. The van der Waals surface area contributed by atoms with E-state index in [9.17, 15) is 71.1 Å². The van der Waals surface area contributed by atoms with Crippen molar-refractivity contribution >= 4 is 149 Å². The number of nitrogens with zero attached hydrogens (tertiary/aromatic N) is 21. The first-order valence-corrected chi connectivity index (χ1v) is 48.9. The van der Waals surface area contributed by atoms with E-state index in [1.807, 2.05) is 0 Å². The van der Waals surface area contributed by atoms with Gasteiger partial charge >= 0.3 is 46.9 Å². The molecule has 12 aromatic rings. The summed E-state index contributed by atoms with van der Waals surface area (Å²) < 4.78 is 216. The monoisotopic (exact) mass is 2010 g/mol. The van der Waals surface area contributed by atoms with E-state index in [2.05, 4.69) is 89.7 Å². The van der Waals surface area contributed by atoms with Crippen LogP contribution in [0.25, 0.3) is 67.0 Å². The van der Waals surface area contributed by atoms with E-state index in [1.165, 1.54) is 73.5 Å². The third-order valence-corrected chi connectivity index (χ3v) is 29.3. The van der Waals surface area contributed by atoms with Gasteiger partial charge in [0.2, 0.25) is 17.8 Å². The van der Waals surface area contributed by atoms with Crippen LogP contribution in [0.4, 0.5) is 39.7 Å². The number of nitrogen functional groups attached to an aromatic ring is 6. The minimum Gasteiger partial charge on any atom is -0.382 e. The molecule has 9 unspecified atom stereocenters. The van der Waals surface area contributed by atoms with Crippen LogP contribution in [0.2, 0.25) is 0 Å². The number of hydrogen-bond acceptors (Lipinski definition) is 50. The topological polar surface area (TPSA) is 886 Å². The lowest BCUT2D eigenvalue weighted by molar-refractivity contribution is -0.184. The average molecular weight is 2020 g/mol. The smallest absolute Gasteiger partial charge is 0.382 e. The van der Waals surface area contributed by atoms with E-state index in [1.54, 1.807) is 6.92 Å². The average Bonchev–Trinajstić information content (AvgIpc) is 1.56. The maximum Gasteiger partial charge on any atom is 0.472 e. The van der Waals surface area contributed by atoms with Crippen LogP contribution in [0.3, 0.4) is 0 Å². The highest BCUT2D eigenvalue weighted by atomic mass is 31.2. The summed E-state index contributed by atoms with van der Waals surface area (Å²) in [4.78, 5) is 169. The van der Waals surface area contributed by atoms with Crippen molar-refractivity contribution in [3.05, 3.63) is 88.0 Å². The predicted octanol–water partition coefficient (Wildman–Crippen LogP) is -1.90. The standard InChI is InChI=1S/C21H23FN10O12P2.C21H24N10O12P2.C21H26N10O11P2/c22-8-7-1-39-45(34,35)44-13-12-19(31-5-27-9-14(23)25-4-26-15(9)31)42-21(13,2-38-12)3-40-46(36,37)43-11(8)18(41-7)32-6-28-10-16(32)29-20(24)30-17(10)33;22-14-10-15(25-5-24-14)30(6-26-10)19-12-13-21(41-19,3-37-12)4-39-45(35,36)42-9-1-8(2-38-44(33,34)43-13)40-18(9)31-7-27-11-16(31)28-20(23)29-17(11)32;1-8-14-11(40-19(8)30-6-26-12-15(22)24-5-25-16(12)30)4-38-43(33,34)41-10-2-9(3-37-44(35,36)42-14)39-20(10)31-7-27-13-17(31)28-21(23)29-18(13)32/h4-8,11-13,18-19H,1-3H2,(H,34,35)(H,36,37)(H2,23,25,26)(H3,24,29,30,33);5-9,12-13,18-19H,1-4H2,(H,33,34)(H,35,36)(H2,22,24,25)(H3,23,28,29,32);5-11,14,19-20H,2-4H2,1H3,(H,33,34)(H,35,36)(H2,22,24,25)(H3,23,28,29,32)/t7-,8-,11-,12-,13?,18-,19-,21-;8-,9-,12-,13?,18+,19+,21+;8-,9-,10+,11+,14?,19+,20+/m100/s1. The van der Waals surface area contributed by atoms with Crippen molar-refractivity contribution < 1.29 is 153 Å². The number of hydrogen-bond donors (Lipinski definition) is 15. The lowest BCUT2D eigenvalue weighted by Crippen LogP contribution is -2.45. The molecular weight excluding hydrogens is 1940 g/mol. The summed E-state index contributed by atoms with van der Waals surface area (Å²) in [5.74, 6) is -1.03. The summed E-state index contributed by atoms with van der Waals surface area (Å²) in [6.45, 7) is -2.82. The number of aromatic amines is 3. The van der Waals surface area contributed by atoms with Crippen molar-refractivity contribution in [1.29, 1.82) is 0 Å². The van der Waals surface area contributed by atoms with E-state index >= 15 is 4.39 Å². The number of anilines is 6. The maximum absolute atomic E-state index is 15.8. The second kappa shape index (κ2) is 33.6. The van der Waals surface area contributed by atoms with Gasteiger partial charge in [-0.15, -0.1) is 0 Å². The lowest BCUT2D eigenvalue weighted by atomic mass is 10.0. The Balaban J connectivity index is 0.000000121. The second-order valence-electron chi connectivity index (χ2n) is 32.0. The van der Waals surface area contributed by atoms with Crippen LogP contribution >= 0.6 is 46.9 Å². The molecule has 11 aliphatic rings. The first kappa shape index (κ1) is 91.2. The van der Waals surface area contributed by atoms with E-state index in [-0.39, 0.29) is 117 Å². The van der Waals surface area contributed by atoms with Crippen molar-refractivity contribution in [2.24, 2.45) is 5.92 Å². The summed E-state index contributed by atoms with van der Waals surface area (Å²) in [6, 6.07) is 0. The fourth-order valence-electron chi connectivity index (χ4n) is 17.5. The highest BCUT2D eigenvalue weighted by Crippen LogP contribution is 2.63. The number of imidazole rings is 6. The number of rotatable bonds is 6. The van der Waals surface area contributed by atoms with Gasteiger partial charge in [-0.3, -0.25) is 111 Å². The number of nitrogens with one attached hydrogen (secondary N) is 3. The fourth-order valence-corrected chi connectivity index (χ4v) is 23.4. The molecule has 0 saturated carbocycles. The normalized spacial score (nSPS) is 38.3. The Labute approximate surface area is 745 Å². The molecule has 0 amide bonds. The number of H-pyrrole nitrogens is 3. The molecule has 72 heteroatoms. The molecule has 0 radical (unpaired) electrons. The van der Waals surface area contributed by atoms with Gasteiger partial charge in [-0.25, -0.2) is 91.6 Å². The summed E-state index contributed by atoms with van der Waals surface area (Å²) in [6.07, 6.45) is -13.3. The minimum atomic E-state index is -5.19.